The fourth-order valence-electron chi connectivity index (χ4n) is 2.56. The summed E-state index contributed by atoms with van der Waals surface area (Å²) in [5.74, 6) is 2.32. The van der Waals surface area contributed by atoms with E-state index in [9.17, 15) is 0 Å². The minimum absolute atomic E-state index is 0.263. The standard InChI is InChI=1S/C13H19Cl2N3/c1-9(2)10-4-3-6-18(7-5-10)12-11(14)8-16-13(15)17-12/h8-10H,3-7H2,1-2H3. The molecule has 0 aliphatic carbocycles. The van der Waals surface area contributed by atoms with Crippen LogP contribution in [-0.2, 0) is 0 Å². The Kier molecular flexibility index (Phi) is 4.68. The van der Waals surface area contributed by atoms with E-state index in [1.165, 1.54) is 19.3 Å². The van der Waals surface area contributed by atoms with Gasteiger partial charge in [-0.25, -0.2) is 4.98 Å². The first-order valence-electron chi connectivity index (χ1n) is 6.51. The number of hydrogen-bond donors (Lipinski definition) is 0. The molecular formula is C13H19Cl2N3. The SMILES string of the molecule is CC(C)C1CCCN(c2nc(Cl)ncc2Cl)CC1. The van der Waals surface area contributed by atoms with Crippen LogP contribution in [0, 0.1) is 11.8 Å². The third-order valence-electron chi connectivity index (χ3n) is 3.71. The first-order chi connectivity index (χ1) is 8.58. The van der Waals surface area contributed by atoms with E-state index in [-0.39, 0.29) is 5.28 Å². The van der Waals surface area contributed by atoms with Gasteiger partial charge in [-0.1, -0.05) is 25.4 Å². The molecular weight excluding hydrogens is 269 g/mol. The second-order valence-corrected chi connectivity index (χ2v) is 5.98. The molecule has 1 saturated heterocycles. The first-order valence-corrected chi connectivity index (χ1v) is 7.26. The largest absolute Gasteiger partial charge is 0.355 e. The topological polar surface area (TPSA) is 29.0 Å². The van der Waals surface area contributed by atoms with Crippen LogP contribution in [0.5, 0.6) is 0 Å². The van der Waals surface area contributed by atoms with Crippen molar-refractivity contribution in [3.8, 4) is 0 Å². The highest BCUT2D eigenvalue weighted by molar-refractivity contribution is 6.33. The number of halogens is 2. The summed E-state index contributed by atoms with van der Waals surface area (Å²) in [5.41, 5.74) is 0. The molecule has 0 bridgehead atoms. The van der Waals surface area contributed by atoms with Gasteiger partial charge in [0.2, 0.25) is 5.28 Å². The van der Waals surface area contributed by atoms with Crippen LogP contribution in [0.2, 0.25) is 10.3 Å². The second-order valence-electron chi connectivity index (χ2n) is 5.23. The highest BCUT2D eigenvalue weighted by Crippen LogP contribution is 2.30. The number of aromatic nitrogens is 2. The van der Waals surface area contributed by atoms with Crippen LogP contribution in [0.4, 0.5) is 5.82 Å². The lowest BCUT2D eigenvalue weighted by Crippen LogP contribution is -2.26. The molecule has 0 radical (unpaired) electrons. The van der Waals surface area contributed by atoms with Crippen molar-refractivity contribution in [1.82, 2.24) is 9.97 Å². The van der Waals surface area contributed by atoms with Gasteiger partial charge in [0.25, 0.3) is 0 Å². The molecule has 0 saturated carbocycles. The summed E-state index contributed by atoms with van der Waals surface area (Å²) in [6, 6.07) is 0. The molecule has 0 amide bonds. The Bertz CT molecular complexity index is 409. The first kappa shape index (κ1) is 13.9. The van der Waals surface area contributed by atoms with Gasteiger partial charge in [-0.15, -0.1) is 0 Å². The van der Waals surface area contributed by atoms with Crippen molar-refractivity contribution >= 4 is 29.0 Å². The van der Waals surface area contributed by atoms with Crippen LogP contribution in [0.25, 0.3) is 0 Å². The van der Waals surface area contributed by atoms with Crippen molar-refractivity contribution in [2.75, 3.05) is 18.0 Å². The quantitative estimate of drug-likeness (QED) is 0.769. The van der Waals surface area contributed by atoms with Crippen LogP contribution in [-0.4, -0.2) is 23.1 Å². The van der Waals surface area contributed by atoms with Gasteiger partial charge in [0.1, 0.15) is 5.02 Å². The molecule has 1 unspecified atom stereocenters. The fraction of sp³-hybridized carbons (Fsp3) is 0.692. The smallest absolute Gasteiger partial charge is 0.224 e. The third-order valence-corrected chi connectivity index (χ3v) is 4.16. The van der Waals surface area contributed by atoms with Crippen molar-refractivity contribution in [2.45, 2.75) is 33.1 Å². The molecule has 0 N–H and O–H groups in total. The minimum atomic E-state index is 0.263. The van der Waals surface area contributed by atoms with Gasteiger partial charge in [-0.3, -0.25) is 0 Å². The molecule has 1 aliphatic heterocycles. The predicted octanol–water partition coefficient (Wildman–Crippen LogP) is 4.05. The number of hydrogen-bond acceptors (Lipinski definition) is 3. The summed E-state index contributed by atoms with van der Waals surface area (Å²) >= 11 is 12.0. The Balaban J connectivity index is 2.12. The Morgan fingerprint density at radius 2 is 2.06 bits per heavy atom. The molecule has 0 aromatic carbocycles. The summed E-state index contributed by atoms with van der Waals surface area (Å²) in [6.07, 6.45) is 5.23. The highest BCUT2D eigenvalue weighted by atomic mass is 35.5. The number of nitrogens with zero attached hydrogens (tertiary/aromatic N) is 3. The summed E-state index contributed by atoms with van der Waals surface area (Å²) in [6.45, 7) is 6.59. The summed E-state index contributed by atoms with van der Waals surface area (Å²) in [7, 11) is 0. The van der Waals surface area contributed by atoms with Gasteiger partial charge in [-0.2, -0.15) is 4.98 Å². The van der Waals surface area contributed by atoms with Crippen molar-refractivity contribution in [2.24, 2.45) is 11.8 Å². The third kappa shape index (κ3) is 3.27. The number of anilines is 1. The van der Waals surface area contributed by atoms with Crippen LogP contribution in [0.15, 0.2) is 6.20 Å². The summed E-state index contributed by atoms with van der Waals surface area (Å²) in [4.78, 5) is 10.4. The van der Waals surface area contributed by atoms with Crippen molar-refractivity contribution in [1.29, 1.82) is 0 Å². The zero-order valence-electron chi connectivity index (χ0n) is 10.9. The lowest BCUT2D eigenvalue weighted by atomic mass is 9.89. The molecule has 1 aliphatic rings. The molecule has 1 atom stereocenters. The lowest BCUT2D eigenvalue weighted by molar-refractivity contribution is 0.351. The van der Waals surface area contributed by atoms with E-state index in [1.807, 2.05) is 0 Å². The van der Waals surface area contributed by atoms with Crippen LogP contribution < -0.4 is 4.90 Å². The van der Waals surface area contributed by atoms with Crippen molar-refractivity contribution in [3.63, 3.8) is 0 Å². The molecule has 1 fully saturated rings. The predicted molar refractivity (Wildman–Crippen MR) is 76.4 cm³/mol. The van der Waals surface area contributed by atoms with Gasteiger partial charge in [0, 0.05) is 13.1 Å². The van der Waals surface area contributed by atoms with Crippen LogP contribution in [0.3, 0.4) is 0 Å². The maximum atomic E-state index is 6.16. The zero-order valence-corrected chi connectivity index (χ0v) is 12.4. The van der Waals surface area contributed by atoms with Gasteiger partial charge in [0.15, 0.2) is 5.82 Å². The highest BCUT2D eigenvalue weighted by Gasteiger charge is 2.21. The number of rotatable bonds is 2. The average molecular weight is 288 g/mol. The molecule has 2 heterocycles. The monoisotopic (exact) mass is 287 g/mol. The van der Waals surface area contributed by atoms with Gasteiger partial charge < -0.3 is 4.90 Å². The minimum Gasteiger partial charge on any atom is -0.355 e. The molecule has 100 valence electrons. The van der Waals surface area contributed by atoms with E-state index < -0.39 is 0 Å². The van der Waals surface area contributed by atoms with E-state index in [2.05, 4.69) is 28.7 Å². The van der Waals surface area contributed by atoms with Crippen LogP contribution >= 0.6 is 23.2 Å². The molecule has 18 heavy (non-hydrogen) atoms. The van der Waals surface area contributed by atoms with E-state index in [0.29, 0.717) is 5.02 Å². The molecule has 1 aromatic rings. The van der Waals surface area contributed by atoms with Gasteiger partial charge in [-0.05, 0) is 42.7 Å². The molecule has 1 aromatic heterocycles. The van der Waals surface area contributed by atoms with E-state index in [4.69, 9.17) is 23.2 Å². The Morgan fingerprint density at radius 3 is 2.78 bits per heavy atom. The van der Waals surface area contributed by atoms with E-state index in [0.717, 1.165) is 30.7 Å². The van der Waals surface area contributed by atoms with E-state index >= 15 is 0 Å². The molecule has 2 rings (SSSR count). The zero-order chi connectivity index (χ0) is 13.1. The summed E-state index contributed by atoms with van der Waals surface area (Å²) < 4.78 is 0. The molecule has 0 spiro atoms. The maximum absolute atomic E-state index is 6.16. The Morgan fingerprint density at radius 1 is 1.28 bits per heavy atom. The summed E-state index contributed by atoms with van der Waals surface area (Å²) in [5, 5.41) is 0.849. The van der Waals surface area contributed by atoms with Gasteiger partial charge in [0.05, 0.1) is 6.20 Å². The van der Waals surface area contributed by atoms with Gasteiger partial charge >= 0.3 is 0 Å². The van der Waals surface area contributed by atoms with Crippen molar-refractivity contribution < 1.29 is 0 Å². The lowest BCUT2D eigenvalue weighted by Gasteiger charge is -2.23. The van der Waals surface area contributed by atoms with E-state index in [1.54, 1.807) is 6.20 Å². The Labute approximate surface area is 119 Å². The molecule has 5 heteroatoms. The fourth-order valence-corrected chi connectivity index (χ4v) is 2.90. The maximum Gasteiger partial charge on any atom is 0.224 e. The average Bonchev–Trinajstić information content (AvgIpc) is 2.58. The molecule has 3 nitrogen and oxygen atoms in total. The van der Waals surface area contributed by atoms with Crippen molar-refractivity contribution in [3.05, 3.63) is 16.5 Å². The second kappa shape index (κ2) is 6.07. The Hall–Kier alpha value is -0.540. The van der Waals surface area contributed by atoms with Crippen LogP contribution in [0.1, 0.15) is 33.1 Å². The normalized spacial score (nSPS) is 21.2.